The lowest BCUT2D eigenvalue weighted by atomic mass is 9.65. The van der Waals surface area contributed by atoms with Crippen LogP contribution in [-0.2, 0) is 16.8 Å². The summed E-state index contributed by atoms with van der Waals surface area (Å²) >= 11 is 0. The second-order valence-electron chi connectivity index (χ2n) is 7.59. The Labute approximate surface area is 142 Å². The summed E-state index contributed by atoms with van der Waals surface area (Å²) in [4.78, 5) is 13.6. The zero-order valence-corrected chi connectivity index (χ0v) is 14.6. The topological polar surface area (TPSA) is 49.8 Å². The summed E-state index contributed by atoms with van der Waals surface area (Å²) in [5.41, 5.74) is 0.323. The van der Waals surface area contributed by atoms with Gasteiger partial charge in [-0.2, -0.15) is 0 Å². The first-order valence-corrected chi connectivity index (χ1v) is 8.72. The quantitative estimate of drug-likeness (QED) is 0.900. The molecule has 1 aromatic rings. The van der Waals surface area contributed by atoms with Gasteiger partial charge in [0.15, 0.2) is 0 Å². The largest absolute Gasteiger partial charge is 0.450 e. The van der Waals surface area contributed by atoms with Crippen LogP contribution in [0.5, 0.6) is 0 Å². The van der Waals surface area contributed by atoms with E-state index in [0.717, 1.165) is 17.5 Å². The number of hydrogen-bond acceptors (Lipinski definition) is 3. The molecule has 1 unspecified atom stereocenters. The van der Waals surface area contributed by atoms with Crippen LogP contribution in [0.15, 0.2) is 18.2 Å². The normalized spacial score (nSPS) is 26.3. The maximum Gasteiger partial charge on any atom is 0.409 e. The van der Waals surface area contributed by atoms with E-state index in [0.29, 0.717) is 32.5 Å². The number of carbonyl (C=O) groups excluding carboxylic acids is 1. The van der Waals surface area contributed by atoms with E-state index in [9.17, 15) is 14.3 Å². The molecular formula is C19H26FNO3. The first kappa shape index (κ1) is 17.2. The second kappa shape index (κ2) is 6.03. The lowest BCUT2D eigenvalue weighted by Gasteiger charge is -2.46. The van der Waals surface area contributed by atoms with Crippen LogP contribution >= 0.6 is 0 Å². The third kappa shape index (κ3) is 2.59. The van der Waals surface area contributed by atoms with E-state index < -0.39 is 5.60 Å². The van der Waals surface area contributed by atoms with Crippen molar-refractivity contribution in [2.24, 2.45) is 11.3 Å². The predicted molar refractivity (Wildman–Crippen MR) is 89.1 cm³/mol. The Bertz CT molecular complexity index is 637. The summed E-state index contributed by atoms with van der Waals surface area (Å²) in [6.45, 7) is 7.37. The Hall–Kier alpha value is -1.62. The van der Waals surface area contributed by atoms with Crippen molar-refractivity contribution >= 4 is 6.09 Å². The molecule has 3 rings (SSSR count). The summed E-state index contributed by atoms with van der Waals surface area (Å²) in [6.07, 6.45) is 1.82. The molecule has 1 N–H and O–H groups in total. The minimum absolute atomic E-state index is 0.00114. The highest BCUT2D eigenvalue weighted by atomic mass is 19.1. The molecule has 1 heterocycles. The van der Waals surface area contributed by atoms with Crippen molar-refractivity contribution in [3.63, 3.8) is 0 Å². The van der Waals surface area contributed by atoms with Crippen LogP contribution in [0.2, 0.25) is 0 Å². The van der Waals surface area contributed by atoms with Gasteiger partial charge in [0.2, 0.25) is 0 Å². The summed E-state index contributed by atoms with van der Waals surface area (Å²) in [7, 11) is 0. The third-order valence-corrected chi connectivity index (χ3v) is 5.76. The Morgan fingerprint density at radius 1 is 1.38 bits per heavy atom. The number of hydrogen-bond donors (Lipinski definition) is 1. The summed E-state index contributed by atoms with van der Waals surface area (Å²) in [5.74, 6) is -0.310. The van der Waals surface area contributed by atoms with Crippen LogP contribution in [-0.4, -0.2) is 35.8 Å². The van der Waals surface area contributed by atoms with Crippen LogP contribution < -0.4 is 0 Å². The number of piperidine rings is 1. The van der Waals surface area contributed by atoms with Crippen LogP contribution in [0.25, 0.3) is 0 Å². The van der Waals surface area contributed by atoms with Crippen molar-refractivity contribution in [1.82, 2.24) is 4.90 Å². The van der Waals surface area contributed by atoms with Crippen LogP contribution in [0.3, 0.4) is 0 Å². The van der Waals surface area contributed by atoms with Crippen LogP contribution in [0.4, 0.5) is 9.18 Å². The van der Waals surface area contributed by atoms with Crippen LogP contribution in [0, 0.1) is 17.2 Å². The smallest absolute Gasteiger partial charge is 0.409 e. The fourth-order valence-corrected chi connectivity index (χ4v) is 4.50. The van der Waals surface area contributed by atoms with Crippen molar-refractivity contribution in [3.05, 3.63) is 35.1 Å². The third-order valence-electron chi connectivity index (χ3n) is 5.76. The van der Waals surface area contributed by atoms with Gasteiger partial charge in [0.05, 0.1) is 12.2 Å². The molecule has 5 heteroatoms. The number of benzene rings is 1. The highest BCUT2D eigenvalue weighted by molar-refractivity contribution is 5.67. The molecule has 1 amide bonds. The van der Waals surface area contributed by atoms with Crippen molar-refractivity contribution < 1.29 is 19.0 Å². The lowest BCUT2D eigenvalue weighted by Crippen LogP contribution is -2.50. The highest BCUT2D eigenvalue weighted by Crippen LogP contribution is 2.56. The fraction of sp³-hybridized carbons (Fsp3) is 0.632. The number of halogens is 1. The van der Waals surface area contributed by atoms with Gasteiger partial charge in [-0.3, -0.25) is 0 Å². The first-order valence-electron chi connectivity index (χ1n) is 8.72. The van der Waals surface area contributed by atoms with Gasteiger partial charge in [0.25, 0.3) is 0 Å². The van der Waals surface area contributed by atoms with Gasteiger partial charge in [0, 0.05) is 18.5 Å². The molecule has 2 aliphatic rings. The van der Waals surface area contributed by atoms with Gasteiger partial charge >= 0.3 is 6.09 Å². The van der Waals surface area contributed by atoms with Crippen molar-refractivity contribution in [2.45, 2.75) is 45.6 Å². The summed E-state index contributed by atoms with van der Waals surface area (Å²) in [6, 6.07) is 4.74. The van der Waals surface area contributed by atoms with Gasteiger partial charge in [-0.05, 0) is 55.4 Å². The molecule has 1 aliphatic heterocycles. The van der Waals surface area contributed by atoms with Gasteiger partial charge in [-0.25, -0.2) is 9.18 Å². The Balaban J connectivity index is 1.84. The molecule has 132 valence electrons. The van der Waals surface area contributed by atoms with Gasteiger partial charge in [0.1, 0.15) is 5.82 Å². The molecule has 0 radical (unpaired) electrons. The average molecular weight is 335 g/mol. The van der Waals surface area contributed by atoms with E-state index in [2.05, 4.69) is 0 Å². The SMILES string of the molecule is CCOC(=O)N1CCC(C2(O)c3cc(F)ccc3CC2(C)C)CC1. The molecule has 1 saturated heterocycles. The molecule has 1 fully saturated rings. The Morgan fingerprint density at radius 3 is 2.67 bits per heavy atom. The molecule has 1 aromatic carbocycles. The number of carbonyl (C=O) groups is 1. The lowest BCUT2D eigenvalue weighted by molar-refractivity contribution is -0.121. The number of rotatable bonds is 2. The maximum atomic E-state index is 13.8. The van der Waals surface area contributed by atoms with Crippen molar-refractivity contribution in [2.75, 3.05) is 19.7 Å². The number of aliphatic hydroxyl groups is 1. The van der Waals surface area contributed by atoms with E-state index in [1.165, 1.54) is 12.1 Å². The van der Waals surface area contributed by atoms with Gasteiger partial charge < -0.3 is 14.7 Å². The average Bonchev–Trinajstić information content (AvgIpc) is 2.75. The molecule has 0 bridgehead atoms. The van der Waals surface area contributed by atoms with E-state index in [4.69, 9.17) is 4.74 Å². The predicted octanol–water partition coefficient (Wildman–Crippen LogP) is 3.46. The molecule has 0 spiro atoms. The standard InChI is InChI=1S/C19H26FNO3/c1-4-24-17(22)21-9-7-14(8-10-21)19(23)16-11-15(20)6-5-13(16)12-18(19,2)3/h5-6,11,14,23H,4,7-10,12H2,1-3H3. The zero-order valence-electron chi connectivity index (χ0n) is 14.6. The fourth-order valence-electron chi connectivity index (χ4n) is 4.50. The minimum Gasteiger partial charge on any atom is -0.450 e. The minimum atomic E-state index is -1.06. The molecule has 4 nitrogen and oxygen atoms in total. The molecule has 1 atom stereocenters. The molecule has 0 saturated carbocycles. The number of amides is 1. The number of ether oxygens (including phenoxy) is 1. The monoisotopic (exact) mass is 335 g/mol. The van der Waals surface area contributed by atoms with E-state index >= 15 is 0 Å². The maximum absolute atomic E-state index is 13.8. The Morgan fingerprint density at radius 2 is 2.04 bits per heavy atom. The van der Waals surface area contributed by atoms with Gasteiger partial charge in [-0.1, -0.05) is 19.9 Å². The first-order chi connectivity index (χ1) is 11.3. The molecule has 0 aromatic heterocycles. The number of fused-ring (bicyclic) bond motifs is 1. The second-order valence-corrected chi connectivity index (χ2v) is 7.59. The summed E-state index contributed by atoms with van der Waals surface area (Å²) < 4.78 is 18.9. The van der Waals surface area contributed by atoms with E-state index in [-0.39, 0.29) is 23.2 Å². The molecule has 24 heavy (non-hydrogen) atoms. The van der Waals surface area contributed by atoms with Crippen molar-refractivity contribution in [3.8, 4) is 0 Å². The number of nitrogens with zero attached hydrogens (tertiary/aromatic N) is 1. The zero-order chi connectivity index (χ0) is 17.5. The van der Waals surface area contributed by atoms with Crippen LogP contribution in [0.1, 0.15) is 44.7 Å². The van der Waals surface area contributed by atoms with Gasteiger partial charge in [-0.15, -0.1) is 0 Å². The summed E-state index contributed by atoms with van der Waals surface area (Å²) in [5, 5.41) is 11.6. The highest BCUT2D eigenvalue weighted by Gasteiger charge is 2.56. The number of likely N-dealkylation sites (tertiary alicyclic amines) is 1. The van der Waals surface area contributed by atoms with E-state index in [1.807, 2.05) is 13.8 Å². The van der Waals surface area contributed by atoms with Crippen molar-refractivity contribution in [1.29, 1.82) is 0 Å². The Kier molecular flexibility index (Phi) is 4.32. The molecular weight excluding hydrogens is 309 g/mol. The molecule has 1 aliphatic carbocycles. The van der Waals surface area contributed by atoms with E-state index in [1.54, 1.807) is 17.9 Å².